The van der Waals surface area contributed by atoms with E-state index in [1.54, 1.807) is 14.2 Å². The summed E-state index contributed by atoms with van der Waals surface area (Å²) in [5.41, 5.74) is 3.45. The molecule has 0 saturated heterocycles. The molecule has 0 atom stereocenters. The van der Waals surface area contributed by atoms with Crippen LogP contribution < -0.4 is 19.5 Å². The van der Waals surface area contributed by atoms with Gasteiger partial charge in [-0.2, -0.15) is 0 Å². The second-order valence-corrected chi connectivity index (χ2v) is 7.56. The summed E-state index contributed by atoms with van der Waals surface area (Å²) in [5, 5.41) is 3.51. The molecule has 1 N–H and O–H groups in total. The van der Waals surface area contributed by atoms with Gasteiger partial charge in [0, 0.05) is 16.6 Å². The second-order valence-electron chi connectivity index (χ2n) is 6.65. The van der Waals surface area contributed by atoms with Crippen molar-refractivity contribution in [2.75, 3.05) is 20.8 Å². The smallest absolute Gasteiger partial charge is 0.166 e. The minimum absolute atomic E-state index is 0.498. The van der Waals surface area contributed by atoms with Gasteiger partial charge < -0.3 is 19.5 Å². The fourth-order valence-electron chi connectivity index (χ4n) is 3.05. The SMILES string of the molecule is COc1ccc(CCNCc2cc(Br)cc(OC)c2OCc2ccccc2)cc1. The molecule has 0 spiro atoms. The lowest BCUT2D eigenvalue weighted by Crippen LogP contribution is -2.17. The lowest BCUT2D eigenvalue weighted by atomic mass is 10.1. The number of hydrogen-bond donors (Lipinski definition) is 1. The first-order chi connectivity index (χ1) is 14.2. The van der Waals surface area contributed by atoms with E-state index in [4.69, 9.17) is 14.2 Å². The van der Waals surface area contributed by atoms with Crippen molar-refractivity contribution >= 4 is 15.9 Å². The highest BCUT2D eigenvalue weighted by Gasteiger charge is 2.13. The third kappa shape index (κ3) is 6.24. The Hall–Kier alpha value is -2.50. The third-order valence-corrected chi connectivity index (χ3v) is 5.07. The number of ether oxygens (including phenoxy) is 3. The van der Waals surface area contributed by atoms with Gasteiger partial charge in [0.1, 0.15) is 12.4 Å². The van der Waals surface area contributed by atoms with Gasteiger partial charge in [-0.1, -0.05) is 58.4 Å². The van der Waals surface area contributed by atoms with Gasteiger partial charge in [0.05, 0.1) is 14.2 Å². The van der Waals surface area contributed by atoms with Crippen LogP contribution in [0, 0.1) is 0 Å². The van der Waals surface area contributed by atoms with Crippen LogP contribution in [-0.2, 0) is 19.6 Å². The summed E-state index contributed by atoms with van der Waals surface area (Å²) in [7, 11) is 3.35. The van der Waals surface area contributed by atoms with Crippen LogP contribution in [0.25, 0.3) is 0 Å². The van der Waals surface area contributed by atoms with E-state index in [2.05, 4.69) is 51.6 Å². The summed E-state index contributed by atoms with van der Waals surface area (Å²) in [4.78, 5) is 0. The zero-order valence-electron chi connectivity index (χ0n) is 16.8. The number of hydrogen-bond acceptors (Lipinski definition) is 4. The maximum absolute atomic E-state index is 6.14. The maximum atomic E-state index is 6.14. The monoisotopic (exact) mass is 455 g/mol. The fraction of sp³-hybridized carbons (Fsp3) is 0.250. The molecule has 3 aromatic rings. The lowest BCUT2D eigenvalue weighted by molar-refractivity contribution is 0.280. The van der Waals surface area contributed by atoms with Crippen molar-refractivity contribution in [1.82, 2.24) is 5.32 Å². The van der Waals surface area contributed by atoms with Gasteiger partial charge in [0.25, 0.3) is 0 Å². The van der Waals surface area contributed by atoms with E-state index in [9.17, 15) is 0 Å². The van der Waals surface area contributed by atoms with Crippen LogP contribution in [0.3, 0.4) is 0 Å². The summed E-state index contributed by atoms with van der Waals surface area (Å²) in [5.74, 6) is 2.38. The molecule has 0 aliphatic carbocycles. The van der Waals surface area contributed by atoms with Gasteiger partial charge in [0.15, 0.2) is 11.5 Å². The van der Waals surface area contributed by atoms with Crippen molar-refractivity contribution in [3.63, 3.8) is 0 Å². The fourth-order valence-corrected chi connectivity index (χ4v) is 3.53. The van der Waals surface area contributed by atoms with E-state index in [0.29, 0.717) is 13.2 Å². The highest BCUT2D eigenvalue weighted by atomic mass is 79.9. The van der Waals surface area contributed by atoms with E-state index >= 15 is 0 Å². The van der Waals surface area contributed by atoms with Gasteiger partial charge >= 0.3 is 0 Å². The normalized spacial score (nSPS) is 10.6. The van der Waals surface area contributed by atoms with Crippen LogP contribution in [0.15, 0.2) is 71.2 Å². The van der Waals surface area contributed by atoms with E-state index in [0.717, 1.165) is 45.8 Å². The predicted octanol–water partition coefficient (Wildman–Crippen LogP) is 5.38. The van der Waals surface area contributed by atoms with Gasteiger partial charge in [-0.25, -0.2) is 0 Å². The van der Waals surface area contributed by atoms with Crippen molar-refractivity contribution in [2.24, 2.45) is 0 Å². The standard InChI is InChI=1S/C24H26BrNO3/c1-27-22-10-8-18(9-11-22)12-13-26-16-20-14-21(25)15-23(28-2)24(20)29-17-19-6-4-3-5-7-19/h3-11,14-15,26H,12-13,16-17H2,1-2H3. The molecule has 0 amide bonds. The molecule has 0 bridgehead atoms. The highest BCUT2D eigenvalue weighted by Crippen LogP contribution is 2.35. The molecule has 3 rings (SSSR count). The Bertz CT molecular complexity index is 898. The van der Waals surface area contributed by atoms with Crippen molar-refractivity contribution < 1.29 is 14.2 Å². The molecule has 0 radical (unpaired) electrons. The first-order valence-electron chi connectivity index (χ1n) is 9.56. The van der Waals surface area contributed by atoms with Gasteiger partial charge in [0.2, 0.25) is 0 Å². The van der Waals surface area contributed by atoms with Crippen LogP contribution in [0.4, 0.5) is 0 Å². The van der Waals surface area contributed by atoms with Gasteiger partial charge in [-0.15, -0.1) is 0 Å². The van der Waals surface area contributed by atoms with Crippen molar-refractivity contribution in [1.29, 1.82) is 0 Å². The molecular formula is C24H26BrNO3. The topological polar surface area (TPSA) is 39.7 Å². The quantitative estimate of drug-likeness (QED) is 0.416. The van der Waals surface area contributed by atoms with E-state index < -0.39 is 0 Å². The van der Waals surface area contributed by atoms with Crippen LogP contribution >= 0.6 is 15.9 Å². The molecule has 5 heteroatoms. The number of halogens is 1. The van der Waals surface area contributed by atoms with Crippen molar-refractivity contribution in [3.05, 3.63) is 87.9 Å². The molecule has 4 nitrogen and oxygen atoms in total. The average Bonchev–Trinajstić information content (AvgIpc) is 2.76. The van der Waals surface area contributed by atoms with Gasteiger partial charge in [-0.3, -0.25) is 0 Å². The zero-order valence-corrected chi connectivity index (χ0v) is 18.4. The second kappa shape index (κ2) is 10.9. The van der Waals surface area contributed by atoms with Crippen LogP contribution in [-0.4, -0.2) is 20.8 Å². The Morgan fingerprint density at radius 1 is 0.862 bits per heavy atom. The predicted molar refractivity (Wildman–Crippen MR) is 120 cm³/mol. The molecule has 29 heavy (non-hydrogen) atoms. The first-order valence-corrected chi connectivity index (χ1v) is 10.4. The van der Waals surface area contributed by atoms with E-state index in [1.807, 2.05) is 36.4 Å². The minimum atomic E-state index is 0.498. The average molecular weight is 456 g/mol. The zero-order chi connectivity index (χ0) is 20.5. The maximum Gasteiger partial charge on any atom is 0.166 e. The Morgan fingerprint density at radius 3 is 2.31 bits per heavy atom. The molecule has 3 aromatic carbocycles. The summed E-state index contributed by atoms with van der Waals surface area (Å²) in [6, 6.07) is 22.3. The summed E-state index contributed by atoms with van der Waals surface area (Å²) < 4.78 is 17.9. The summed E-state index contributed by atoms with van der Waals surface area (Å²) >= 11 is 3.57. The molecule has 0 aromatic heterocycles. The highest BCUT2D eigenvalue weighted by molar-refractivity contribution is 9.10. The number of methoxy groups -OCH3 is 2. The van der Waals surface area contributed by atoms with Crippen molar-refractivity contribution in [3.8, 4) is 17.2 Å². The van der Waals surface area contributed by atoms with E-state index in [1.165, 1.54) is 5.56 Å². The minimum Gasteiger partial charge on any atom is -0.497 e. The number of rotatable bonds is 10. The number of nitrogens with one attached hydrogen (secondary N) is 1. The summed E-state index contributed by atoms with van der Waals surface area (Å²) in [6.07, 6.45) is 0.940. The Kier molecular flexibility index (Phi) is 7.96. The Morgan fingerprint density at radius 2 is 1.62 bits per heavy atom. The van der Waals surface area contributed by atoms with Crippen LogP contribution in [0.5, 0.6) is 17.2 Å². The van der Waals surface area contributed by atoms with Gasteiger partial charge in [-0.05, 0) is 48.4 Å². The molecule has 0 saturated carbocycles. The van der Waals surface area contributed by atoms with E-state index in [-0.39, 0.29) is 0 Å². The molecule has 0 aliphatic heterocycles. The van der Waals surface area contributed by atoms with Crippen molar-refractivity contribution in [2.45, 2.75) is 19.6 Å². The molecule has 152 valence electrons. The third-order valence-electron chi connectivity index (χ3n) is 4.61. The first kappa shape index (κ1) is 21.2. The Labute approximate surface area is 180 Å². The molecule has 0 unspecified atom stereocenters. The molecular weight excluding hydrogens is 430 g/mol. The molecule has 0 fully saturated rings. The van der Waals surface area contributed by atoms with Crippen LogP contribution in [0.2, 0.25) is 0 Å². The molecule has 0 heterocycles. The summed E-state index contributed by atoms with van der Waals surface area (Å²) in [6.45, 7) is 2.05. The van der Waals surface area contributed by atoms with Crippen LogP contribution in [0.1, 0.15) is 16.7 Å². The number of benzene rings is 3. The lowest BCUT2D eigenvalue weighted by Gasteiger charge is -2.16. The molecule has 0 aliphatic rings. The Balaban J connectivity index is 1.62. The largest absolute Gasteiger partial charge is 0.497 e.